The van der Waals surface area contributed by atoms with Gasteiger partial charge in [0.1, 0.15) is 11.6 Å². The third kappa shape index (κ3) is 4.06. The first-order valence-corrected chi connectivity index (χ1v) is 9.72. The molecule has 0 aromatic carbocycles. The molecule has 150 valence electrons. The molecule has 1 aliphatic heterocycles. The first-order valence-electron chi connectivity index (χ1n) is 9.72. The van der Waals surface area contributed by atoms with Crippen LogP contribution in [0.15, 0.2) is 42.9 Å². The zero-order valence-electron chi connectivity index (χ0n) is 16.5. The highest BCUT2D eigenvalue weighted by atomic mass is 16.4. The van der Waals surface area contributed by atoms with Gasteiger partial charge in [0.2, 0.25) is 0 Å². The van der Waals surface area contributed by atoms with Gasteiger partial charge in [-0.15, -0.1) is 0 Å². The van der Waals surface area contributed by atoms with Crippen molar-refractivity contribution in [3.8, 4) is 11.3 Å². The third-order valence-electron chi connectivity index (χ3n) is 4.95. The van der Waals surface area contributed by atoms with Gasteiger partial charge in [-0.1, -0.05) is 0 Å². The molecule has 29 heavy (non-hydrogen) atoms. The number of fused-ring (bicyclic) bond motifs is 1. The molecule has 0 aliphatic carbocycles. The summed E-state index contributed by atoms with van der Waals surface area (Å²) >= 11 is 0. The van der Waals surface area contributed by atoms with Gasteiger partial charge >= 0.3 is 6.09 Å². The Morgan fingerprint density at radius 1 is 1.14 bits per heavy atom. The quantitative estimate of drug-likeness (QED) is 0.703. The van der Waals surface area contributed by atoms with E-state index < -0.39 is 6.09 Å². The van der Waals surface area contributed by atoms with Crippen molar-refractivity contribution in [2.24, 2.45) is 0 Å². The van der Waals surface area contributed by atoms with E-state index in [2.05, 4.69) is 34.0 Å². The number of hydrogen-bond donors (Lipinski definition) is 2. The molecule has 1 amide bonds. The number of aromatic nitrogens is 3. The highest BCUT2D eigenvalue weighted by molar-refractivity contribution is 5.94. The van der Waals surface area contributed by atoms with Gasteiger partial charge in [-0.2, -0.15) is 0 Å². The SMILES string of the molecule is CC(C)Nc1cc(-c2cc3cnccc3c(N3CCN(C(=O)O)CC3)n2)ccn1. The molecule has 0 spiro atoms. The molecule has 1 fully saturated rings. The van der Waals surface area contributed by atoms with Crippen LogP contribution in [0, 0.1) is 0 Å². The summed E-state index contributed by atoms with van der Waals surface area (Å²) < 4.78 is 0. The van der Waals surface area contributed by atoms with Crippen LogP contribution in [0.25, 0.3) is 22.0 Å². The largest absolute Gasteiger partial charge is 0.465 e. The first-order chi connectivity index (χ1) is 14.0. The maximum atomic E-state index is 11.2. The fourth-order valence-electron chi connectivity index (χ4n) is 3.54. The van der Waals surface area contributed by atoms with Crippen molar-refractivity contribution in [2.45, 2.75) is 19.9 Å². The maximum absolute atomic E-state index is 11.2. The number of nitrogens with one attached hydrogen (secondary N) is 1. The molecule has 3 aromatic heterocycles. The molecular formula is C21H24N6O2. The molecule has 2 N–H and O–H groups in total. The summed E-state index contributed by atoms with van der Waals surface area (Å²) in [6.45, 7) is 6.29. The molecule has 1 saturated heterocycles. The second kappa shape index (κ2) is 7.90. The Balaban J connectivity index is 1.73. The number of carbonyl (C=O) groups is 1. The molecular weight excluding hydrogens is 368 g/mol. The number of amides is 1. The Kier molecular flexibility index (Phi) is 5.16. The Morgan fingerprint density at radius 2 is 1.93 bits per heavy atom. The van der Waals surface area contributed by atoms with Crippen molar-refractivity contribution in [3.63, 3.8) is 0 Å². The van der Waals surface area contributed by atoms with Gasteiger partial charge in [-0.3, -0.25) is 4.98 Å². The van der Waals surface area contributed by atoms with E-state index in [9.17, 15) is 9.90 Å². The van der Waals surface area contributed by atoms with E-state index in [1.54, 1.807) is 12.4 Å². The van der Waals surface area contributed by atoms with Crippen molar-refractivity contribution in [1.29, 1.82) is 0 Å². The maximum Gasteiger partial charge on any atom is 0.407 e. The van der Waals surface area contributed by atoms with Crippen LogP contribution in [0.3, 0.4) is 0 Å². The second-order valence-electron chi connectivity index (χ2n) is 7.41. The van der Waals surface area contributed by atoms with Crippen molar-refractivity contribution in [1.82, 2.24) is 19.9 Å². The van der Waals surface area contributed by atoms with Crippen molar-refractivity contribution >= 4 is 28.5 Å². The van der Waals surface area contributed by atoms with Crippen LogP contribution in [0.4, 0.5) is 16.4 Å². The van der Waals surface area contributed by atoms with Gasteiger partial charge in [0.25, 0.3) is 0 Å². The van der Waals surface area contributed by atoms with Crippen LogP contribution in [-0.4, -0.2) is 63.3 Å². The molecule has 0 radical (unpaired) electrons. The normalized spacial score (nSPS) is 14.4. The Morgan fingerprint density at radius 3 is 2.66 bits per heavy atom. The van der Waals surface area contributed by atoms with Gasteiger partial charge in [-0.05, 0) is 38.1 Å². The predicted molar refractivity (Wildman–Crippen MR) is 113 cm³/mol. The monoisotopic (exact) mass is 392 g/mol. The molecule has 4 rings (SSSR count). The topological polar surface area (TPSA) is 94.5 Å². The standard InChI is InChI=1S/C21H24N6O2/c1-14(2)24-19-12-15(3-6-23-19)18-11-16-13-22-5-4-17(16)20(25-18)26-7-9-27(10-8-26)21(28)29/h3-6,11-14H,7-10H2,1-2H3,(H,23,24)(H,28,29). The van der Waals surface area contributed by atoms with Crippen LogP contribution < -0.4 is 10.2 Å². The average molecular weight is 392 g/mol. The van der Waals surface area contributed by atoms with Gasteiger partial charge in [0, 0.05) is 67.1 Å². The van der Waals surface area contributed by atoms with E-state index in [-0.39, 0.29) is 6.04 Å². The smallest absolute Gasteiger partial charge is 0.407 e. The zero-order chi connectivity index (χ0) is 20.4. The Labute approximate surface area is 169 Å². The van der Waals surface area contributed by atoms with Crippen LogP contribution >= 0.6 is 0 Å². The third-order valence-corrected chi connectivity index (χ3v) is 4.95. The number of pyridine rings is 3. The highest BCUT2D eigenvalue weighted by Crippen LogP contribution is 2.30. The Bertz CT molecular complexity index is 1030. The van der Waals surface area contributed by atoms with Crippen LogP contribution in [0.2, 0.25) is 0 Å². The lowest BCUT2D eigenvalue weighted by Gasteiger charge is -2.34. The van der Waals surface area contributed by atoms with Crippen molar-refractivity contribution in [2.75, 3.05) is 36.4 Å². The number of piperazine rings is 1. The van der Waals surface area contributed by atoms with Crippen molar-refractivity contribution < 1.29 is 9.90 Å². The average Bonchev–Trinajstić information content (AvgIpc) is 2.73. The number of anilines is 2. The van der Waals surface area contributed by atoms with Gasteiger partial charge in [0.05, 0.1) is 5.69 Å². The first kappa shape index (κ1) is 18.9. The van der Waals surface area contributed by atoms with E-state index >= 15 is 0 Å². The number of nitrogens with zero attached hydrogens (tertiary/aromatic N) is 5. The predicted octanol–water partition coefficient (Wildman–Crippen LogP) is 3.31. The minimum absolute atomic E-state index is 0.285. The van der Waals surface area contributed by atoms with Crippen molar-refractivity contribution in [3.05, 3.63) is 42.9 Å². The second-order valence-corrected chi connectivity index (χ2v) is 7.41. The lowest BCUT2D eigenvalue weighted by Crippen LogP contribution is -2.48. The lowest BCUT2D eigenvalue weighted by atomic mass is 10.1. The highest BCUT2D eigenvalue weighted by Gasteiger charge is 2.23. The minimum Gasteiger partial charge on any atom is -0.465 e. The van der Waals surface area contributed by atoms with Crippen LogP contribution in [0.5, 0.6) is 0 Å². The van der Waals surface area contributed by atoms with E-state index in [4.69, 9.17) is 4.98 Å². The lowest BCUT2D eigenvalue weighted by molar-refractivity contribution is 0.142. The molecule has 0 atom stereocenters. The van der Waals surface area contributed by atoms with Crippen LogP contribution in [-0.2, 0) is 0 Å². The van der Waals surface area contributed by atoms with E-state index in [0.717, 1.165) is 33.7 Å². The summed E-state index contributed by atoms with van der Waals surface area (Å²) in [4.78, 5) is 28.4. The summed E-state index contributed by atoms with van der Waals surface area (Å²) in [5.74, 6) is 1.67. The fraction of sp³-hybridized carbons (Fsp3) is 0.333. The van der Waals surface area contributed by atoms with E-state index in [1.807, 2.05) is 30.5 Å². The molecule has 8 heteroatoms. The van der Waals surface area contributed by atoms with Crippen LogP contribution in [0.1, 0.15) is 13.8 Å². The summed E-state index contributed by atoms with van der Waals surface area (Å²) in [5, 5.41) is 14.6. The summed E-state index contributed by atoms with van der Waals surface area (Å²) in [7, 11) is 0. The summed E-state index contributed by atoms with van der Waals surface area (Å²) in [6.07, 6.45) is 4.51. The number of rotatable bonds is 4. The van der Waals surface area contributed by atoms with Gasteiger partial charge < -0.3 is 20.2 Å². The molecule has 0 saturated carbocycles. The molecule has 4 heterocycles. The molecule has 3 aromatic rings. The summed E-state index contributed by atoms with van der Waals surface area (Å²) in [6, 6.07) is 8.23. The molecule has 1 aliphatic rings. The number of carboxylic acid groups (broad SMARTS) is 1. The van der Waals surface area contributed by atoms with E-state index in [1.165, 1.54) is 4.90 Å². The van der Waals surface area contributed by atoms with E-state index in [0.29, 0.717) is 26.2 Å². The number of hydrogen-bond acceptors (Lipinski definition) is 6. The fourth-order valence-corrected chi connectivity index (χ4v) is 3.54. The van der Waals surface area contributed by atoms with Gasteiger partial charge in [0.15, 0.2) is 0 Å². The van der Waals surface area contributed by atoms with Gasteiger partial charge in [-0.25, -0.2) is 14.8 Å². The Hall–Kier alpha value is -3.42. The molecule has 8 nitrogen and oxygen atoms in total. The summed E-state index contributed by atoms with van der Waals surface area (Å²) in [5.41, 5.74) is 1.81. The molecule has 0 unspecified atom stereocenters. The minimum atomic E-state index is -0.873. The molecule has 0 bridgehead atoms. The zero-order valence-corrected chi connectivity index (χ0v) is 16.5.